The van der Waals surface area contributed by atoms with Crippen molar-refractivity contribution in [2.24, 2.45) is 0 Å². The van der Waals surface area contributed by atoms with Gasteiger partial charge >= 0.3 is 0 Å². The third-order valence-corrected chi connectivity index (χ3v) is 12.5. The van der Waals surface area contributed by atoms with Gasteiger partial charge in [0.15, 0.2) is 11.6 Å². The van der Waals surface area contributed by atoms with Gasteiger partial charge in [0.1, 0.15) is 0 Å². The maximum atomic E-state index is 5.39. The van der Waals surface area contributed by atoms with E-state index >= 15 is 0 Å². The number of hydrogen-bond acceptors (Lipinski definition) is 3. The molecule has 0 amide bonds. The Hall–Kier alpha value is -8.61. The summed E-state index contributed by atoms with van der Waals surface area (Å²) in [6.45, 7) is 0. The first-order valence-corrected chi connectivity index (χ1v) is 21.3. The first-order valence-electron chi connectivity index (χ1n) is 21.3. The molecular weight excluding hydrogens is 769 g/mol. The molecule has 294 valence electrons. The quantitative estimate of drug-likeness (QED) is 0.168. The summed E-state index contributed by atoms with van der Waals surface area (Å²) >= 11 is 0. The van der Waals surface area contributed by atoms with Crippen molar-refractivity contribution >= 4 is 65.4 Å². The molecule has 0 unspecified atom stereocenters. The Balaban J connectivity index is 1.08. The highest BCUT2D eigenvalue weighted by molar-refractivity contribution is 6.29. The van der Waals surface area contributed by atoms with Crippen LogP contribution in [0.15, 0.2) is 218 Å². The number of rotatable bonds is 6. The fourth-order valence-corrected chi connectivity index (χ4v) is 9.80. The Morgan fingerprint density at radius 3 is 1.44 bits per heavy atom. The number of para-hydroxylation sites is 5. The monoisotopic (exact) mass is 804 g/mol. The molecule has 0 saturated heterocycles. The Kier molecular flexibility index (Phi) is 7.80. The average Bonchev–Trinajstić information content (AvgIpc) is 4.00. The first kappa shape index (κ1) is 35.2. The van der Waals surface area contributed by atoms with Gasteiger partial charge in [0.25, 0.3) is 0 Å². The van der Waals surface area contributed by atoms with E-state index in [4.69, 9.17) is 15.0 Å². The van der Waals surface area contributed by atoms with Gasteiger partial charge in [-0.2, -0.15) is 9.97 Å². The topological polar surface area (TPSA) is 53.5 Å². The predicted octanol–water partition coefficient (Wildman–Crippen LogP) is 14.2. The fraction of sp³-hybridized carbons (Fsp3) is 0. The van der Waals surface area contributed by atoms with Gasteiger partial charge in [-0.3, -0.25) is 4.57 Å². The summed E-state index contributed by atoms with van der Waals surface area (Å²) in [5.74, 6) is 1.79. The van der Waals surface area contributed by atoms with Crippen LogP contribution in [0, 0.1) is 0 Å². The molecule has 0 aliphatic carbocycles. The van der Waals surface area contributed by atoms with Gasteiger partial charge in [-0.15, -0.1) is 0 Å². The van der Waals surface area contributed by atoms with Crippen molar-refractivity contribution in [2.75, 3.05) is 0 Å². The maximum absolute atomic E-state index is 5.39. The Morgan fingerprint density at radius 1 is 0.286 bits per heavy atom. The molecule has 0 fully saturated rings. The van der Waals surface area contributed by atoms with Gasteiger partial charge in [-0.25, -0.2) is 4.98 Å². The van der Waals surface area contributed by atoms with Crippen molar-refractivity contribution in [3.8, 4) is 51.2 Å². The molecule has 63 heavy (non-hydrogen) atoms. The van der Waals surface area contributed by atoms with Crippen LogP contribution in [0.3, 0.4) is 0 Å². The van der Waals surface area contributed by atoms with Crippen LogP contribution >= 0.6 is 0 Å². The lowest BCUT2D eigenvalue weighted by atomic mass is 10.0. The zero-order valence-corrected chi connectivity index (χ0v) is 34.0. The Labute approximate surface area is 362 Å². The molecule has 13 aromatic rings. The van der Waals surface area contributed by atoms with Crippen LogP contribution in [-0.4, -0.2) is 28.7 Å². The molecule has 13 rings (SSSR count). The van der Waals surface area contributed by atoms with Crippen molar-refractivity contribution in [3.63, 3.8) is 0 Å². The summed E-state index contributed by atoms with van der Waals surface area (Å²) in [6, 6.07) is 77.3. The molecule has 0 saturated carbocycles. The summed E-state index contributed by atoms with van der Waals surface area (Å²) in [4.78, 5) is 15.9. The molecule has 0 aliphatic rings. The van der Waals surface area contributed by atoms with E-state index in [9.17, 15) is 0 Å². The minimum absolute atomic E-state index is 0.564. The molecule has 4 heterocycles. The highest BCUT2D eigenvalue weighted by atomic mass is 15.2. The largest absolute Gasteiger partial charge is 0.309 e. The number of nitrogens with zero attached hydrogens (tertiary/aromatic N) is 6. The van der Waals surface area contributed by atoms with Crippen LogP contribution in [0.1, 0.15) is 0 Å². The number of hydrogen-bond donors (Lipinski definition) is 0. The first-order chi connectivity index (χ1) is 31.3. The molecule has 6 heteroatoms. The molecule has 0 bridgehead atoms. The number of fused-ring (bicyclic) bond motifs is 10. The van der Waals surface area contributed by atoms with Crippen LogP contribution in [-0.2, 0) is 0 Å². The third-order valence-electron chi connectivity index (χ3n) is 12.5. The van der Waals surface area contributed by atoms with E-state index in [2.05, 4.69) is 214 Å². The zero-order valence-electron chi connectivity index (χ0n) is 34.0. The van der Waals surface area contributed by atoms with E-state index in [0.717, 1.165) is 71.8 Å². The van der Waals surface area contributed by atoms with Gasteiger partial charge in [0.05, 0.1) is 38.8 Å². The van der Waals surface area contributed by atoms with Crippen molar-refractivity contribution in [1.82, 2.24) is 28.7 Å². The zero-order chi connectivity index (χ0) is 41.4. The maximum Gasteiger partial charge on any atom is 0.238 e. The SMILES string of the molecule is c1ccc(-c2nc(-c3ccc4c(c3)c3ccccc3n4-c3ccccc3)nc(-n3c4ccccc4c4c5c6ccccc6n(-c6ccccc6-c6ccccc6)c5ccc43)n2)cc1. The van der Waals surface area contributed by atoms with Gasteiger partial charge in [-0.1, -0.05) is 152 Å². The molecule has 0 spiro atoms. The number of aromatic nitrogens is 6. The third kappa shape index (κ3) is 5.41. The standard InChI is InChI=1S/C57H36N6/c1-4-18-37(19-5-1)41-24-10-14-28-46(41)62-48-30-16-12-26-43(48)53-51(62)34-35-52-54(53)44-27-13-17-31-49(44)63(52)57-59-55(38-20-6-2-7-21-38)58-56(60-57)39-32-33-50-45(36-39)42-25-11-15-29-47(42)61(50)40-22-8-3-9-23-40/h1-36H. The van der Waals surface area contributed by atoms with Gasteiger partial charge in [-0.05, 0) is 72.3 Å². The summed E-state index contributed by atoms with van der Waals surface area (Å²) in [6.07, 6.45) is 0. The summed E-state index contributed by atoms with van der Waals surface area (Å²) < 4.78 is 6.99. The Bertz CT molecular complexity index is 3900. The summed E-state index contributed by atoms with van der Waals surface area (Å²) in [5.41, 5.74) is 13.1. The van der Waals surface area contributed by atoms with E-state index in [-0.39, 0.29) is 0 Å². The predicted molar refractivity (Wildman–Crippen MR) is 259 cm³/mol. The molecular formula is C57H36N6. The molecule has 6 nitrogen and oxygen atoms in total. The molecule has 0 radical (unpaired) electrons. The van der Waals surface area contributed by atoms with Crippen molar-refractivity contribution < 1.29 is 0 Å². The van der Waals surface area contributed by atoms with Crippen LogP contribution in [0.5, 0.6) is 0 Å². The van der Waals surface area contributed by atoms with E-state index in [0.29, 0.717) is 17.6 Å². The molecule has 0 atom stereocenters. The van der Waals surface area contributed by atoms with Crippen LogP contribution < -0.4 is 0 Å². The minimum Gasteiger partial charge on any atom is -0.309 e. The highest BCUT2D eigenvalue weighted by Gasteiger charge is 2.24. The molecule has 4 aromatic heterocycles. The fourth-order valence-electron chi connectivity index (χ4n) is 9.80. The lowest BCUT2D eigenvalue weighted by molar-refractivity contribution is 0.954. The van der Waals surface area contributed by atoms with E-state index in [1.54, 1.807) is 0 Å². The second-order valence-electron chi connectivity index (χ2n) is 16.0. The van der Waals surface area contributed by atoms with Crippen LogP contribution in [0.25, 0.3) is 117 Å². The molecule has 0 N–H and O–H groups in total. The second kappa shape index (κ2) is 14.0. The summed E-state index contributed by atoms with van der Waals surface area (Å²) in [7, 11) is 0. The number of benzene rings is 9. The minimum atomic E-state index is 0.564. The van der Waals surface area contributed by atoms with E-state index in [1.807, 2.05) is 18.2 Å². The highest BCUT2D eigenvalue weighted by Crippen LogP contribution is 2.44. The lowest BCUT2D eigenvalue weighted by Gasteiger charge is -2.14. The normalized spacial score (nSPS) is 11.8. The Morgan fingerprint density at radius 2 is 0.762 bits per heavy atom. The second-order valence-corrected chi connectivity index (χ2v) is 16.0. The van der Waals surface area contributed by atoms with Crippen molar-refractivity contribution in [3.05, 3.63) is 218 Å². The van der Waals surface area contributed by atoms with E-state index < -0.39 is 0 Å². The lowest BCUT2D eigenvalue weighted by Crippen LogP contribution is -2.06. The van der Waals surface area contributed by atoms with Gasteiger partial charge < -0.3 is 9.13 Å². The molecule has 0 aliphatic heterocycles. The van der Waals surface area contributed by atoms with Crippen LogP contribution in [0.4, 0.5) is 0 Å². The van der Waals surface area contributed by atoms with Crippen molar-refractivity contribution in [1.29, 1.82) is 0 Å². The van der Waals surface area contributed by atoms with Crippen LogP contribution in [0.2, 0.25) is 0 Å². The average molecular weight is 805 g/mol. The smallest absolute Gasteiger partial charge is 0.238 e. The summed E-state index contributed by atoms with van der Waals surface area (Å²) in [5, 5.41) is 6.99. The van der Waals surface area contributed by atoms with Gasteiger partial charge in [0.2, 0.25) is 5.95 Å². The van der Waals surface area contributed by atoms with Gasteiger partial charge in [0, 0.05) is 54.7 Å². The molecule has 9 aromatic carbocycles. The van der Waals surface area contributed by atoms with Crippen molar-refractivity contribution in [2.45, 2.75) is 0 Å². The van der Waals surface area contributed by atoms with E-state index in [1.165, 1.54) is 27.3 Å².